The first-order chi connectivity index (χ1) is 9.80. The first-order valence-corrected chi connectivity index (χ1v) is 10.0. The van der Waals surface area contributed by atoms with Crippen molar-refractivity contribution in [3.63, 3.8) is 0 Å². The topological polar surface area (TPSA) is 54.5 Å². The highest BCUT2D eigenvalue weighted by atomic mass is 79.9. The largest absolute Gasteiger partial charge is 0.339 e. The average Bonchev–Trinajstić information content (AvgIpc) is 2.68. The van der Waals surface area contributed by atoms with Crippen molar-refractivity contribution in [2.24, 2.45) is 0 Å². The number of rotatable bonds is 2. The minimum absolute atomic E-state index is 0.140. The Kier molecular flexibility index (Phi) is 5.57. The molecular formula is C13H14BrCl2NO3S. The fourth-order valence-electron chi connectivity index (χ4n) is 2.30. The van der Waals surface area contributed by atoms with E-state index in [-0.39, 0.29) is 21.4 Å². The highest BCUT2D eigenvalue weighted by molar-refractivity contribution is 9.10. The average molecular weight is 415 g/mol. The molecule has 0 radical (unpaired) electrons. The molecule has 0 unspecified atom stereocenters. The zero-order valence-corrected chi connectivity index (χ0v) is 15.0. The van der Waals surface area contributed by atoms with Gasteiger partial charge < -0.3 is 4.90 Å². The fourth-order valence-corrected chi connectivity index (χ4v) is 3.89. The lowest BCUT2D eigenvalue weighted by Gasteiger charge is -2.21. The number of likely N-dealkylation sites (tertiary alicyclic amines) is 1. The van der Waals surface area contributed by atoms with Gasteiger partial charge >= 0.3 is 0 Å². The normalized spacial score (nSPS) is 16.6. The summed E-state index contributed by atoms with van der Waals surface area (Å²) in [5.74, 6) is -0.259. The van der Waals surface area contributed by atoms with Crippen molar-refractivity contribution in [3.05, 3.63) is 27.2 Å². The number of nitrogens with zero attached hydrogens (tertiary/aromatic N) is 1. The van der Waals surface area contributed by atoms with Gasteiger partial charge in [-0.3, -0.25) is 4.79 Å². The number of amides is 1. The molecule has 1 aliphatic heterocycles. The summed E-state index contributed by atoms with van der Waals surface area (Å²) in [5.41, 5.74) is 0.159. The van der Waals surface area contributed by atoms with E-state index in [0.717, 1.165) is 25.7 Å². The molecule has 0 bridgehead atoms. The molecule has 1 amide bonds. The molecule has 0 aromatic heterocycles. The third-order valence-electron chi connectivity index (χ3n) is 3.41. The van der Waals surface area contributed by atoms with Crippen LogP contribution in [0.4, 0.5) is 0 Å². The second-order valence-electron chi connectivity index (χ2n) is 4.91. The SMILES string of the molecule is O=C(c1cc(S(=O)(=O)Cl)cc(Br)c1Cl)N1CCCCCC1. The standard InChI is InChI=1S/C13H14BrCl2NO3S/c14-11-8-9(21(16,19)20)7-10(12(11)15)13(18)17-5-3-1-2-4-6-17/h7-8H,1-6H2. The Hall–Kier alpha value is -0.300. The number of benzene rings is 1. The van der Waals surface area contributed by atoms with Gasteiger partial charge in [-0.15, -0.1) is 0 Å². The fraction of sp³-hybridized carbons (Fsp3) is 0.462. The van der Waals surface area contributed by atoms with Crippen LogP contribution < -0.4 is 0 Å². The van der Waals surface area contributed by atoms with Gasteiger partial charge in [-0.25, -0.2) is 8.42 Å². The maximum atomic E-state index is 12.6. The van der Waals surface area contributed by atoms with Crippen molar-refractivity contribution in [2.45, 2.75) is 30.6 Å². The number of hydrogen-bond donors (Lipinski definition) is 0. The minimum atomic E-state index is -3.92. The Morgan fingerprint density at radius 2 is 1.71 bits per heavy atom. The maximum absolute atomic E-state index is 12.6. The van der Waals surface area contributed by atoms with Gasteiger partial charge in [0.05, 0.1) is 15.5 Å². The third-order valence-corrected chi connectivity index (χ3v) is 6.00. The summed E-state index contributed by atoms with van der Waals surface area (Å²) in [6, 6.07) is 2.53. The van der Waals surface area contributed by atoms with Gasteiger partial charge in [0.2, 0.25) is 0 Å². The monoisotopic (exact) mass is 413 g/mol. The predicted octanol–water partition coefficient (Wildman–Crippen LogP) is 4.05. The van der Waals surface area contributed by atoms with Crippen molar-refractivity contribution in [2.75, 3.05) is 13.1 Å². The van der Waals surface area contributed by atoms with Gasteiger partial charge in [0.25, 0.3) is 15.0 Å². The van der Waals surface area contributed by atoms with Crippen LogP contribution in [-0.4, -0.2) is 32.3 Å². The van der Waals surface area contributed by atoms with E-state index in [1.807, 2.05) is 0 Å². The molecule has 0 spiro atoms. The van der Waals surface area contributed by atoms with Crippen LogP contribution in [0.1, 0.15) is 36.0 Å². The number of halogens is 3. The lowest BCUT2D eigenvalue weighted by atomic mass is 10.2. The highest BCUT2D eigenvalue weighted by Gasteiger charge is 2.24. The second kappa shape index (κ2) is 6.86. The van der Waals surface area contributed by atoms with Crippen LogP contribution >= 0.6 is 38.2 Å². The van der Waals surface area contributed by atoms with Crippen molar-refractivity contribution in [1.82, 2.24) is 4.90 Å². The summed E-state index contributed by atoms with van der Waals surface area (Å²) in [4.78, 5) is 14.2. The summed E-state index contributed by atoms with van der Waals surface area (Å²) >= 11 is 9.31. The van der Waals surface area contributed by atoms with E-state index in [1.54, 1.807) is 4.90 Å². The van der Waals surface area contributed by atoms with Crippen LogP contribution in [0.2, 0.25) is 5.02 Å². The molecule has 2 rings (SSSR count). The summed E-state index contributed by atoms with van der Waals surface area (Å²) < 4.78 is 23.3. The molecule has 4 nitrogen and oxygen atoms in total. The van der Waals surface area contributed by atoms with Gasteiger partial charge in [0.1, 0.15) is 0 Å². The Labute approximate surface area is 142 Å². The zero-order valence-electron chi connectivity index (χ0n) is 11.1. The third kappa shape index (κ3) is 4.12. The quantitative estimate of drug-likeness (QED) is 0.686. The molecule has 1 fully saturated rings. The first-order valence-electron chi connectivity index (χ1n) is 6.53. The van der Waals surface area contributed by atoms with Crippen LogP contribution in [-0.2, 0) is 9.05 Å². The predicted molar refractivity (Wildman–Crippen MR) is 86.6 cm³/mol. The number of carbonyl (C=O) groups excluding carboxylic acids is 1. The van der Waals surface area contributed by atoms with E-state index >= 15 is 0 Å². The minimum Gasteiger partial charge on any atom is -0.339 e. The first kappa shape index (κ1) is 17.1. The highest BCUT2D eigenvalue weighted by Crippen LogP contribution is 2.32. The van der Waals surface area contributed by atoms with Crippen LogP contribution in [0.5, 0.6) is 0 Å². The Bertz CT molecular complexity index is 656. The van der Waals surface area contributed by atoms with Gasteiger partial charge in [-0.2, -0.15) is 0 Å². The maximum Gasteiger partial charge on any atom is 0.261 e. The summed E-state index contributed by atoms with van der Waals surface area (Å²) in [7, 11) is 1.43. The van der Waals surface area contributed by atoms with Crippen molar-refractivity contribution >= 4 is 53.2 Å². The van der Waals surface area contributed by atoms with E-state index in [2.05, 4.69) is 15.9 Å². The molecule has 1 saturated heterocycles. The molecular weight excluding hydrogens is 401 g/mol. The van der Waals surface area contributed by atoms with Crippen LogP contribution in [0.15, 0.2) is 21.5 Å². The summed E-state index contributed by atoms with van der Waals surface area (Å²) in [6.45, 7) is 1.31. The zero-order chi connectivity index (χ0) is 15.6. The van der Waals surface area contributed by atoms with E-state index in [0.29, 0.717) is 17.6 Å². The van der Waals surface area contributed by atoms with E-state index in [4.69, 9.17) is 22.3 Å². The van der Waals surface area contributed by atoms with Crippen molar-refractivity contribution in [3.8, 4) is 0 Å². The second-order valence-corrected chi connectivity index (χ2v) is 8.71. The summed E-state index contributed by atoms with van der Waals surface area (Å²) in [6.07, 6.45) is 4.07. The molecule has 1 aromatic carbocycles. The van der Waals surface area contributed by atoms with Crippen LogP contribution in [0.3, 0.4) is 0 Å². The lowest BCUT2D eigenvalue weighted by Crippen LogP contribution is -2.32. The molecule has 0 N–H and O–H groups in total. The molecule has 116 valence electrons. The van der Waals surface area contributed by atoms with Crippen LogP contribution in [0.25, 0.3) is 0 Å². The van der Waals surface area contributed by atoms with Gasteiger partial charge in [-0.05, 0) is 40.9 Å². The smallest absolute Gasteiger partial charge is 0.261 e. The molecule has 1 aromatic rings. The van der Waals surface area contributed by atoms with Gasteiger partial charge in [0, 0.05) is 28.2 Å². The molecule has 0 saturated carbocycles. The molecule has 1 aliphatic rings. The van der Waals surface area contributed by atoms with Crippen LogP contribution in [0, 0.1) is 0 Å². The molecule has 21 heavy (non-hydrogen) atoms. The Morgan fingerprint density at radius 1 is 1.14 bits per heavy atom. The molecule has 1 heterocycles. The van der Waals surface area contributed by atoms with E-state index < -0.39 is 9.05 Å². The Balaban J connectivity index is 2.42. The summed E-state index contributed by atoms with van der Waals surface area (Å²) in [5, 5.41) is 0.202. The van der Waals surface area contributed by atoms with E-state index in [1.165, 1.54) is 12.1 Å². The van der Waals surface area contributed by atoms with Gasteiger partial charge in [0.15, 0.2) is 0 Å². The molecule has 8 heteroatoms. The molecule has 0 atom stereocenters. The molecule has 0 aliphatic carbocycles. The number of hydrogen-bond acceptors (Lipinski definition) is 3. The number of carbonyl (C=O) groups is 1. The van der Waals surface area contributed by atoms with Crippen molar-refractivity contribution in [1.29, 1.82) is 0 Å². The van der Waals surface area contributed by atoms with Gasteiger partial charge in [-0.1, -0.05) is 24.4 Å². The van der Waals surface area contributed by atoms with Crippen molar-refractivity contribution < 1.29 is 13.2 Å². The lowest BCUT2D eigenvalue weighted by molar-refractivity contribution is 0.0761. The van der Waals surface area contributed by atoms with E-state index in [9.17, 15) is 13.2 Å². The Morgan fingerprint density at radius 3 is 2.24 bits per heavy atom.